The standard InChI is InChI=1S/C12H20N6O/c1-3-5-7-10-14-11(19-16-10)8-18-9(6-4-2)12(13)15-17-18/h3-8,13H2,1-2H3. The van der Waals surface area contributed by atoms with Crippen LogP contribution in [0.1, 0.15) is 50.5 Å². The molecule has 0 aliphatic carbocycles. The zero-order chi connectivity index (χ0) is 13.7. The van der Waals surface area contributed by atoms with Gasteiger partial charge >= 0.3 is 0 Å². The summed E-state index contributed by atoms with van der Waals surface area (Å²) in [5.41, 5.74) is 6.72. The minimum atomic E-state index is 0.429. The Kier molecular flexibility index (Phi) is 4.48. The first-order valence-corrected chi connectivity index (χ1v) is 6.73. The lowest BCUT2D eigenvalue weighted by atomic mass is 10.2. The molecule has 0 saturated carbocycles. The molecule has 7 heteroatoms. The van der Waals surface area contributed by atoms with Gasteiger partial charge in [0.2, 0.25) is 5.89 Å². The molecule has 19 heavy (non-hydrogen) atoms. The Labute approximate surface area is 112 Å². The van der Waals surface area contributed by atoms with E-state index in [-0.39, 0.29) is 0 Å². The van der Waals surface area contributed by atoms with Crippen LogP contribution < -0.4 is 5.73 Å². The lowest BCUT2D eigenvalue weighted by Crippen LogP contribution is -2.07. The summed E-state index contributed by atoms with van der Waals surface area (Å²) in [6, 6.07) is 0. The van der Waals surface area contributed by atoms with Crippen molar-refractivity contribution in [2.75, 3.05) is 5.73 Å². The lowest BCUT2D eigenvalue weighted by Gasteiger charge is -2.02. The molecule has 0 saturated heterocycles. The van der Waals surface area contributed by atoms with E-state index in [9.17, 15) is 0 Å². The zero-order valence-corrected chi connectivity index (χ0v) is 11.5. The highest BCUT2D eigenvalue weighted by Crippen LogP contribution is 2.12. The van der Waals surface area contributed by atoms with Crippen molar-refractivity contribution in [2.45, 2.75) is 52.5 Å². The Morgan fingerprint density at radius 2 is 2.05 bits per heavy atom. The third kappa shape index (κ3) is 3.30. The number of hydrogen-bond acceptors (Lipinski definition) is 6. The Bertz CT molecular complexity index is 518. The molecule has 0 aliphatic rings. The molecule has 0 unspecified atom stereocenters. The van der Waals surface area contributed by atoms with Gasteiger partial charge in [0.1, 0.15) is 6.54 Å². The van der Waals surface area contributed by atoms with E-state index in [1.165, 1.54) is 0 Å². The molecule has 2 aromatic rings. The fourth-order valence-corrected chi connectivity index (χ4v) is 1.89. The summed E-state index contributed by atoms with van der Waals surface area (Å²) in [5, 5.41) is 11.9. The number of anilines is 1. The van der Waals surface area contributed by atoms with E-state index in [2.05, 4.69) is 34.3 Å². The topological polar surface area (TPSA) is 95.7 Å². The first-order chi connectivity index (χ1) is 9.24. The molecule has 0 amide bonds. The number of aryl methyl sites for hydroxylation is 1. The van der Waals surface area contributed by atoms with Gasteiger partial charge in [-0.15, -0.1) is 5.10 Å². The van der Waals surface area contributed by atoms with Crippen LogP contribution in [0.4, 0.5) is 5.82 Å². The van der Waals surface area contributed by atoms with Gasteiger partial charge in [-0.1, -0.05) is 37.1 Å². The van der Waals surface area contributed by atoms with Crippen LogP contribution in [0.25, 0.3) is 0 Å². The molecule has 0 aliphatic heterocycles. The molecule has 0 atom stereocenters. The first kappa shape index (κ1) is 13.5. The van der Waals surface area contributed by atoms with Crippen molar-refractivity contribution in [1.29, 1.82) is 0 Å². The summed E-state index contributed by atoms with van der Waals surface area (Å²) in [7, 11) is 0. The number of unbranched alkanes of at least 4 members (excludes halogenated alkanes) is 1. The molecule has 0 radical (unpaired) electrons. The number of nitrogens with zero attached hydrogens (tertiary/aromatic N) is 5. The summed E-state index contributed by atoms with van der Waals surface area (Å²) in [6.45, 7) is 4.65. The van der Waals surface area contributed by atoms with Crippen molar-refractivity contribution in [1.82, 2.24) is 25.1 Å². The number of rotatable bonds is 7. The van der Waals surface area contributed by atoms with Crippen molar-refractivity contribution in [3.05, 3.63) is 17.4 Å². The lowest BCUT2D eigenvalue weighted by molar-refractivity contribution is 0.357. The van der Waals surface area contributed by atoms with Gasteiger partial charge in [-0.3, -0.25) is 0 Å². The minimum absolute atomic E-state index is 0.429. The molecule has 7 nitrogen and oxygen atoms in total. The van der Waals surface area contributed by atoms with Crippen molar-refractivity contribution in [3.8, 4) is 0 Å². The molecule has 104 valence electrons. The summed E-state index contributed by atoms with van der Waals surface area (Å²) in [6.07, 6.45) is 4.86. The van der Waals surface area contributed by atoms with Crippen LogP contribution in [0.2, 0.25) is 0 Å². The molecule has 0 fully saturated rings. The molecular weight excluding hydrogens is 244 g/mol. The monoisotopic (exact) mass is 264 g/mol. The van der Waals surface area contributed by atoms with E-state index in [4.69, 9.17) is 10.3 Å². The van der Waals surface area contributed by atoms with E-state index in [0.717, 1.165) is 43.6 Å². The largest absolute Gasteiger partial charge is 0.381 e. The van der Waals surface area contributed by atoms with Crippen LogP contribution in [0.15, 0.2) is 4.52 Å². The summed E-state index contributed by atoms with van der Waals surface area (Å²) < 4.78 is 6.95. The summed E-state index contributed by atoms with van der Waals surface area (Å²) >= 11 is 0. The van der Waals surface area contributed by atoms with Crippen LogP contribution in [0, 0.1) is 0 Å². The normalized spacial score (nSPS) is 11.1. The van der Waals surface area contributed by atoms with Gasteiger partial charge in [-0.2, -0.15) is 4.98 Å². The van der Waals surface area contributed by atoms with Gasteiger partial charge in [0.25, 0.3) is 0 Å². The van der Waals surface area contributed by atoms with E-state index in [0.29, 0.717) is 18.3 Å². The maximum atomic E-state index is 5.79. The third-order valence-corrected chi connectivity index (χ3v) is 2.90. The maximum absolute atomic E-state index is 5.79. The van der Waals surface area contributed by atoms with E-state index >= 15 is 0 Å². The summed E-state index contributed by atoms with van der Waals surface area (Å²) in [4.78, 5) is 4.35. The molecule has 2 heterocycles. The maximum Gasteiger partial charge on any atom is 0.248 e. The number of nitrogen functional groups attached to an aromatic ring is 1. The van der Waals surface area contributed by atoms with E-state index < -0.39 is 0 Å². The third-order valence-electron chi connectivity index (χ3n) is 2.90. The van der Waals surface area contributed by atoms with Crippen LogP contribution in [0.3, 0.4) is 0 Å². The van der Waals surface area contributed by atoms with Crippen LogP contribution in [-0.4, -0.2) is 25.1 Å². The fourth-order valence-electron chi connectivity index (χ4n) is 1.89. The van der Waals surface area contributed by atoms with Gasteiger partial charge in [-0.25, -0.2) is 4.68 Å². The Morgan fingerprint density at radius 1 is 1.21 bits per heavy atom. The second-order valence-corrected chi connectivity index (χ2v) is 4.54. The quantitative estimate of drug-likeness (QED) is 0.815. The summed E-state index contributed by atoms with van der Waals surface area (Å²) in [5.74, 6) is 1.78. The van der Waals surface area contributed by atoms with Gasteiger partial charge in [0.05, 0.1) is 5.69 Å². The molecule has 2 N–H and O–H groups in total. The molecule has 2 aromatic heterocycles. The van der Waals surface area contributed by atoms with E-state index in [1.807, 2.05) is 0 Å². The SMILES string of the molecule is CCCCc1noc(Cn2nnc(N)c2CCC)n1. The average molecular weight is 264 g/mol. The smallest absolute Gasteiger partial charge is 0.248 e. The zero-order valence-electron chi connectivity index (χ0n) is 11.5. The predicted octanol–water partition coefficient (Wildman–Crippen LogP) is 1.59. The Morgan fingerprint density at radius 3 is 2.79 bits per heavy atom. The molecular formula is C12H20N6O. The minimum Gasteiger partial charge on any atom is -0.381 e. The predicted molar refractivity (Wildman–Crippen MR) is 70.4 cm³/mol. The van der Waals surface area contributed by atoms with Crippen LogP contribution >= 0.6 is 0 Å². The Balaban J connectivity index is 2.06. The first-order valence-electron chi connectivity index (χ1n) is 6.73. The van der Waals surface area contributed by atoms with Crippen molar-refractivity contribution >= 4 is 5.82 Å². The Hall–Kier alpha value is -1.92. The molecule has 0 bridgehead atoms. The molecule has 0 spiro atoms. The van der Waals surface area contributed by atoms with E-state index in [1.54, 1.807) is 4.68 Å². The number of aromatic nitrogens is 5. The average Bonchev–Trinajstić information content (AvgIpc) is 2.98. The number of hydrogen-bond donors (Lipinski definition) is 1. The van der Waals surface area contributed by atoms with Crippen molar-refractivity contribution in [2.24, 2.45) is 0 Å². The second-order valence-electron chi connectivity index (χ2n) is 4.54. The van der Waals surface area contributed by atoms with Gasteiger partial charge in [0.15, 0.2) is 11.6 Å². The molecule has 2 rings (SSSR count). The number of nitrogens with two attached hydrogens (primary N) is 1. The highest BCUT2D eigenvalue weighted by Gasteiger charge is 2.13. The molecule has 0 aromatic carbocycles. The highest BCUT2D eigenvalue weighted by molar-refractivity contribution is 5.33. The van der Waals surface area contributed by atoms with Gasteiger partial charge in [-0.05, 0) is 12.8 Å². The van der Waals surface area contributed by atoms with Gasteiger partial charge in [0, 0.05) is 6.42 Å². The van der Waals surface area contributed by atoms with Crippen LogP contribution in [0.5, 0.6) is 0 Å². The van der Waals surface area contributed by atoms with Crippen molar-refractivity contribution < 1.29 is 4.52 Å². The van der Waals surface area contributed by atoms with Crippen LogP contribution in [-0.2, 0) is 19.4 Å². The second kappa shape index (κ2) is 6.31. The fraction of sp³-hybridized carbons (Fsp3) is 0.667. The van der Waals surface area contributed by atoms with Crippen molar-refractivity contribution in [3.63, 3.8) is 0 Å². The van der Waals surface area contributed by atoms with Gasteiger partial charge < -0.3 is 10.3 Å². The highest BCUT2D eigenvalue weighted by atomic mass is 16.5.